The molecule has 0 aliphatic heterocycles. The van der Waals surface area contributed by atoms with E-state index in [1.807, 2.05) is 6.92 Å². The number of hydrogen-bond acceptors (Lipinski definition) is 1. The number of carbonyl (C=O) groups is 1. The molecule has 0 atom stereocenters. The van der Waals surface area contributed by atoms with Gasteiger partial charge in [0.05, 0.1) is 6.42 Å². The quantitative estimate of drug-likeness (QED) is 0.738. The van der Waals surface area contributed by atoms with Crippen LogP contribution in [0.4, 0.5) is 8.78 Å². The lowest BCUT2D eigenvalue weighted by Crippen LogP contribution is -2.33. The molecule has 0 heterocycles. The first-order valence-corrected chi connectivity index (χ1v) is 6.98. The van der Waals surface area contributed by atoms with Crippen LogP contribution in [0.25, 0.3) is 0 Å². The number of benzene rings is 1. The van der Waals surface area contributed by atoms with E-state index in [1.165, 1.54) is 6.07 Å². The Kier molecular flexibility index (Phi) is 6.25. The summed E-state index contributed by atoms with van der Waals surface area (Å²) in [5.41, 5.74) is 0.496. The zero-order valence-electron chi connectivity index (χ0n) is 10.3. The summed E-state index contributed by atoms with van der Waals surface area (Å²) in [6.45, 7) is 3.19. The molecule has 0 saturated carbocycles. The van der Waals surface area contributed by atoms with E-state index in [2.05, 4.69) is 15.9 Å². The van der Waals surface area contributed by atoms with Crippen molar-refractivity contribution in [3.05, 3.63) is 35.4 Å². The average molecular weight is 320 g/mol. The van der Waals surface area contributed by atoms with Crippen molar-refractivity contribution in [2.45, 2.75) is 19.8 Å². The van der Waals surface area contributed by atoms with E-state index in [-0.39, 0.29) is 12.3 Å². The van der Waals surface area contributed by atoms with Crippen molar-refractivity contribution in [1.29, 1.82) is 0 Å². The largest absolute Gasteiger partial charge is 0.343 e. The van der Waals surface area contributed by atoms with E-state index in [4.69, 9.17) is 0 Å². The molecule has 1 amide bonds. The lowest BCUT2D eigenvalue weighted by atomic mass is 10.1. The van der Waals surface area contributed by atoms with Crippen LogP contribution >= 0.6 is 15.9 Å². The fourth-order valence-electron chi connectivity index (χ4n) is 1.65. The number of alkyl halides is 1. The number of halogens is 3. The molecular formula is C13H16BrF2NO. The molecule has 18 heavy (non-hydrogen) atoms. The maximum atomic E-state index is 13.0. The molecule has 1 rings (SSSR count). The third-order valence-corrected chi connectivity index (χ3v) is 3.20. The smallest absolute Gasteiger partial charge is 0.226 e. The van der Waals surface area contributed by atoms with Crippen LogP contribution in [0.15, 0.2) is 18.2 Å². The third-order valence-electron chi connectivity index (χ3n) is 2.64. The van der Waals surface area contributed by atoms with Gasteiger partial charge in [0, 0.05) is 18.4 Å². The van der Waals surface area contributed by atoms with Gasteiger partial charge in [-0.2, -0.15) is 0 Å². The first kappa shape index (κ1) is 15.1. The summed E-state index contributed by atoms with van der Waals surface area (Å²) in [7, 11) is 0. The van der Waals surface area contributed by atoms with Crippen LogP contribution in [-0.2, 0) is 11.2 Å². The number of likely N-dealkylation sites (N-methyl/N-ethyl adjacent to an activating group) is 1. The molecule has 0 radical (unpaired) electrons. The van der Waals surface area contributed by atoms with Crippen molar-refractivity contribution in [2.24, 2.45) is 0 Å². The summed E-state index contributed by atoms with van der Waals surface area (Å²) in [4.78, 5) is 13.7. The Hall–Kier alpha value is -0.970. The summed E-state index contributed by atoms with van der Waals surface area (Å²) < 4.78 is 25.8. The standard InChI is InChI=1S/C13H16BrF2NO/c1-2-17(7-3-6-14)13(18)9-10-4-5-11(15)12(16)8-10/h4-5,8H,2-3,6-7,9H2,1H3. The molecule has 0 aliphatic carbocycles. The topological polar surface area (TPSA) is 20.3 Å². The van der Waals surface area contributed by atoms with Gasteiger partial charge in [0.25, 0.3) is 0 Å². The number of rotatable bonds is 6. The van der Waals surface area contributed by atoms with E-state index >= 15 is 0 Å². The van der Waals surface area contributed by atoms with E-state index in [9.17, 15) is 13.6 Å². The van der Waals surface area contributed by atoms with Gasteiger partial charge >= 0.3 is 0 Å². The van der Waals surface area contributed by atoms with Crippen LogP contribution in [0.3, 0.4) is 0 Å². The van der Waals surface area contributed by atoms with Gasteiger partial charge in [0.2, 0.25) is 5.91 Å². The predicted molar refractivity (Wildman–Crippen MR) is 70.7 cm³/mol. The Morgan fingerprint density at radius 2 is 2.06 bits per heavy atom. The first-order valence-electron chi connectivity index (χ1n) is 5.86. The Morgan fingerprint density at radius 3 is 2.61 bits per heavy atom. The summed E-state index contributed by atoms with van der Waals surface area (Å²) >= 11 is 3.31. The highest BCUT2D eigenvalue weighted by molar-refractivity contribution is 9.09. The maximum Gasteiger partial charge on any atom is 0.226 e. The molecule has 0 N–H and O–H groups in total. The minimum Gasteiger partial charge on any atom is -0.343 e. The number of carbonyl (C=O) groups excluding carboxylic acids is 1. The molecular weight excluding hydrogens is 304 g/mol. The molecule has 1 aromatic rings. The molecule has 0 aromatic heterocycles. The lowest BCUT2D eigenvalue weighted by molar-refractivity contribution is -0.130. The normalized spacial score (nSPS) is 10.4. The van der Waals surface area contributed by atoms with Crippen LogP contribution < -0.4 is 0 Å². The second-order valence-electron chi connectivity index (χ2n) is 3.94. The number of amides is 1. The maximum absolute atomic E-state index is 13.0. The molecule has 0 unspecified atom stereocenters. The van der Waals surface area contributed by atoms with Crippen molar-refractivity contribution in [3.63, 3.8) is 0 Å². The van der Waals surface area contributed by atoms with Crippen molar-refractivity contribution < 1.29 is 13.6 Å². The van der Waals surface area contributed by atoms with Crippen molar-refractivity contribution >= 4 is 21.8 Å². The van der Waals surface area contributed by atoms with E-state index < -0.39 is 11.6 Å². The minimum atomic E-state index is -0.913. The van der Waals surface area contributed by atoms with E-state index in [1.54, 1.807) is 4.90 Å². The molecule has 100 valence electrons. The number of nitrogens with zero attached hydrogens (tertiary/aromatic N) is 1. The first-order chi connectivity index (χ1) is 8.58. The second-order valence-corrected chi connectivity index (χ2v) is 4.73. The Morgan fingerprint density at radius 1 is 1.33 bits per heavy atom. The van der Waals surface area contributed by atoms with Crippen LogP contribution in [-0.4, -0.2) is 29.2 Å². The Balaban J connectivity index is 2.64. The zero-order valence-corrected chi connectivity index (χ0v) is 11.8. The summed E-state index contributed by atoms with van der Waals surface area (Å²) in [5.74, 6) is -1.87. The summed E-state index contributed by atoms with van der Waals surface area (Å²) in [5, 5.41) is 0.835. The fourth-order valence-corrected chi connectivity index (χ4v) is 1.90. The average Bonchev–Trinajstić information content (AvgIpc) is 2.35. The molecule has 2 nitrogen and oxygen atoms in total. The monoisotopic (exact) mass is 319 g/mol. The number of hydrogen-bond donors (Lipinski definition) is 0. The van der Waals surface area contributed by atoms with Gasteiger partial charge in [-0.3, -0.25) is 4.79 Å². The van der Waals surface area contributed by atoms with Crippen molar-refractivity contribution in [1.82, 2.24) is 4.90 Å². The van der Waals surface area contributed by atoms with Crippen LogP contribution in [0.1, 0.15) is 18.9 Å². The van der Waals surface area contributed by atoms with Crippen molar-refractivity contribution in [3.8, 4) is 0 Å². The van der Waals surface area contributed by atoms with Gasteiger partial charge < -0.3 is 4.90 Å². The van der Waals surface area contributed by atoms with Gasteiger partial charge in [-0.1, -0.05) is 22.0 Å². The van der Waals surface area contributed by atoms with E-state index in [0.29, 0.717) is 18.7 Å². The van der Waals surface area contributed by atoms with E-state index in [0.717, 1.165) is 23.9 Å². The van der Waals surface area contributed by atoms with Gasteiger partial charge in [-0.25, -0.2) is 8.78 Å². The molecule has 0 spiro atoms. The Labute approximate surface area is 114 Å². The highest BCUT2D eigenvalue weighted by Gasteiger charge is 2.13. The van der Waals surface area contributed by atoms with Crippen LogP contribution in [0.2, 0.25) is 0 Å². The fraction of sp³-hybridized carbons (Fsp3) is 0.462. The Bertz CT molecular complexity index is 412. The molecule has 0 bridgehead atoms. The van der Waals surface area contributed by atoms with Gasteiger partial charge in [-0.15, -0.1) is 0 Å². The van der Waals surface area contributed by atoms with Crippen LogP contribution in [0.5, 0.6) is 0 Å². The summed E-state index contributed by atoms with van der Waals surface area (Å²) in [6.07, 6.45) is 0.977. The third kappa shape index (κ3) is 4.37. The lowest BCUT2D eigenvalue weighted by Gasteiger charge is -2.20. The van der Waals surface area contributed by atoms with Gasteiger partial charge in [0.15, 0.2) is 11.6 Å². The molecule has 0 aliphatic rings. The predicted octanol–water partition coefficient (Wildman–Crippen LogP) is 3.14. The SMILES string of the molecule is CCN(CCCBr)C(=O)Cc1ccc(F)c(F)c1. The van der Waals surface area contributed by atoms with Gasteiger partial charge in [0.1, 0.15) is 0 Å². The molecule has 0 saturated heterocycles. The zero-order chi connectivity index (χ0) is 13.5. The molecule has 1 aromatic carbocycles. The van der Waals surface area contributed by atoms with Crippen molar-refractivity contribution in [2.75, 3.05) is 18.4 Å². The summed E-state index contributed by atoms with van der Waals surface area (Å²) in [6, 6.07) is 3.56. The molecule has 0 fully saturated rings. The van der Waals surface area contributed by atoms with Crippen LogP contribution in [0, 0.1) is 11.6 Å². The molecule has 5 heteroatoms. The highest BCUT2D eigenvalue weighted by Crippen LogP contribution is 2.10. The minimum absolute atomic E-state index is 0.0653. The second kappa shape index (κ2) is 7.46. The highest BCUT2D eigenvalue weighted by atomic mass is 79.9. The van der Waals surface area contributed by atoms with Gasteiger partial charge in [-0.05, 0) is 31.0 Å².